The quantitative estimate of drug-likeness (QED) is 0.147. The number of nitrogens with one attached hydrogen (secondary N) is 3. The minimum atomic E-state index is -0.582. The summed E-state index contributed by atoms with van der Waals surface area (Å²) in [7, 11) is 0. The summed E-state index contributed by atoms with van der Waals surface area (Å²) in [5, 5.41) is 8.43. The van der Waals surface area contributed by atoms with E-state index in [-0.39, 0.29) is 29.2 Å². The van der Waals surface area contributed by atoms with Crippen LogP contribution in [0.4, 0.5) is 14.9 Å². The molecule has 3 N–H and O–H groups in total. The van der Waals surface area contributed by atoms with Crippen LogP contribution in [-0.4, -0.2) is 64.6 Å². The number of aromatic nitrogens is 1. The molecule has 1 aliphatic rings. The maximum Gasteiger partial charge on any atom is 0.317 e. The van der Waals surface area contributed by atoms with Crippen LogP contribution in [0.2, 0.25) is 0 Å². The molecule has 0 bridgehead atoms. The molecule has 9 nitrogen and oxygen atoms in total. The molecular weight excluding hydrogens is 648 g/mol. The van der Waals surface area contributed by atoms with Crippen LogP contribution in [-0.2, 0) is 17.8 Å². The normalized spacial score (nSPS) is 13.2. The second kappa shape index (κ2) is 15.3. The highest BCUT2D eigenvalue weighted by Gasteiger charge is 2.21. The Labute approximate surface area is 287 Å². The zero-order valence-corrected chi connectivity index (χ0v) is 28.0. The molecule has 3 aromatic carbocycles. The molecule has 1 saturated heterocycles. The Morgan fingerprint density at radius 1 is 0.938 bits per heavy atom. The molecule has 0 atom stereocenters. The Morgan fingerprint density at radius 3 is 2.44 bits per heavy atom. The van der Waals surface area contributed by atoms with Gasteiger partial charge in [0, 0.05) is 68.2 Å². The fourth-order valence-corrected chi connectivity index (χ4v) is 6.74. The summed E-state index contributed by atoms with van der Waals surface area (Å²) in [5.74, 6) is -0.292. The lowest BCUT2D eigenvalue weighted by Gasteiger charge is -2.34. The van der Waals surface area contributed by atoms with Gasteiger partial charge in [-0.3, -0.25) is 14.7 Å². The van der Waals surface area contributed by atoms with Crippen molar-refractivity contribution in [2.75, 3.05) is 38.0 Å². The van der Waals surface area contributed by atoms with Gasteiger partial charge in [0.25, 0.3) is 0 Å². The van der Waals surface area contributed by atoms with E-state index in [9.17, 15) is 9.59 Å². The molecule has 0 spiro atoms. The smallest absolute Gasteiger partial charge is 0.317 e. The Morgan fingerprint density at radius 2 is 1.71 bits per heavy atom. The number of ether oxygens (including phenoxy) is 1. The van der Waals surface area contributed by atoms with Crippen LogP contribution in [0.5, 0.6) is 11.5 Å². The van der Waals surface area contributed by atoms with E-state index < -0.39 is 5.82 Å². The van der Waals surface area contributed by atoms with E-state index in [1.54, 1.807) is 18.3 Å². The first-order valence-electron chi connectivity index (χ1n) is 15.7. The van der Waals surface area contributed by atoms with Crippen LogP contribution in [0, 0.1) is 5.82 Å². The number of halogens is 1. The maximum atomic E-state index is 15.2. The first kappa shape index (κ1) is 33.0. The molecule has 1 aliphatic heterocycles. The van der Waals surface area contributed by atoms with Gasteiger partial charge in [0.05, 0.1) is 16.6 Å². The molecule has 6 rings (SSSR count). The summed E-state index contributed by atoms with van der Waals surface area (Å²) in [6.45, 7) is 6.50. The number of anilines is 1. The van der Waals surface area contributed by atoms with Gasteiger partial charge in [-0.05, 0) is 54.0 Å². The average Bonchev–Trinajstić information content (AvgIpc) is 3.53. The number of nitrogens with zero attached hydrogens (tertiary/aromatic N) is 3. The molecule has 3 amide bonds. The van der Waals surface area contributed by atoms with Crippen LogP contribution >= 0.6 is 23.6 Å². The van der Waals surface area contributed by atoms with Crippen molar-refractivity contribution in [1.29, 1.82) is 0 Å². The number of fused-ring (bicyclic) bond motifs is 1. The predicted octanol–water partition coefficient (Wildman–Crippen LogP) is 6.80. The minimum absolute atomic E-state index is 0.00649. The van der Waals surface area contributed by atoms with Crippen molar-refractivity contribution in [2.45, 2.75) is 19.9 Å². The Bertz CT molecular complexity index is 1910. The lowest BCUT2D eigenvalue weighted by atomic mass is 10.1. The summed E-state index contributed by atoms with van der Waals surface area (Å²) in [4.78, 5) is 34.2. The number of carbonyl (C=O) groups is 2. The monoisotopic (exact) mass is 682 g/mol. The number of rotatable bonds is 9. The highest BCUT2D eigenvalue weighted by atomic mass is 32.1. The van der Waals surface area contributed by atoms with Gasteiger partial charge in [-0.2, -0.15) is 0 Å². The van der Waals surface area contributed by atoms with E-state index >= 15 is 4.39 Å². The van der Waals surface area contributed by atoms with Crippen molar-refractivity contribution in [3.8, 4) is 21.9 Å². The summed E-state index contributed by atoms with van der Waals surface area (Å²) in [6, 6.07) is 26.0. The van der Waals surface area contributed by atoms with Crippen molar-refractivity contribution in [3.63, 3.8) is 0 Å². The van der Waals surface area contributed by atoms with Gasteiger partial charge in [0.15, 0.2) is 16.7 Å². The van der Waals surface area contributed by atoms with E-state index in [2.05, 4.69) is 50.1 Å². The largest absolute Gasteiger partial charge is 0.453 e. The predicted molar refractivity (Wildman–Crippen MR) is 192 cm³/mol. The zero-order chi connectivity index (χ0) is 33.5. The highest BCUT2D eigenvalue weighted by Crippen LogP contribution is 2.40. The first-order valence-corrected chi connectivity index (χ1v) is 16.9. The summed E-state index contributed by atoms with van der Waals surface area (Å²) in [5.41, 5.74) is 4.27. The van der Waals surface area contributed by atoms with E-state index in [1.807, 2.05) is 48.2 Å². The van der Waals surface area contributed by atoms with Crippen molar-refractivity contribution in [2.24, 2.45) is 0 Å². The highest BCUT2D eigenvalue weighted by molar-refractivity contribution is 7.80. The molecule has 0 radical (unpaired) electrons. The van der Waals surface area contributed by atoms with E-state index in [0.717, 1.165) is 58.9 Å². The standard InChI is InChI=1S/C36H35FN6O3S2/c1-2-38-36(45)43-18-16-42(17-19-43)23-25-8-10-26(11-9-25)32-22-29-34(48-32)31(14-15-39-29)46-30-13-12-27(21-28(30)37)40-35(47)41-33(44)20-24-6-4-3-5-7-24/h3-15,21-22H,2,16-20,23H2,1H3,(H,38,45)(H2,40,41,44,47). The molecule has 246 valence electrons. The molecule has 48 heavy (non-hydrogen) atoms. The topological polar surface area (TPSA) is 98.8 Å². The number of thiocarbonyl (C=S) groups is 1. The minimum Gasteiger partial charge on any atom is -0.453 e. The molecule has 12 heteroatoms. The molecule has 2 aromatic heterocycles. The van der Waals surface area contributed by atoms with Crippen LogP contribution < -0.4 is 20.7 Å². The van der Waals surface area contributed by atoms with E-state index in [4.69, 9.17) is 17.0 Å². The third-order valence-corrected chi connectivity index (χ3v) is 9.27. The van der Waals surface area contributed by atoms with Crippen molar-refractivity contribution >= 4 is 56.5 Å². The SMILES string of the molecule is CCNC(=O)N1CCN(Cc2ccc(-c3cc4nccc(Oc5ccc(NC(=S)NC(=O)Cc6ccccc6)cc5F)c4s3)cc2)CC1. The molecule has 0 unspecified atom stereocenters. The number of carbonyl (C=O) groups excluding carboxylic acids is 2. The number of thiophene rings is 1. The van der Waals surface area contributed by atoms with Gasteiger partial charge in [-0.15, -0.1) is 11.3 Å². The van der Waals surface area contributed by atoms with Crippen molar-refractivity contribution in [1.82, 2.24) is 25.4 Å². The molecular formula is C36H35FN6O3S2. The van der Waals surface area contributed by atoms with Crippen LogP contribution in [0.3, 0.4) is 0 Å². The molecule has 0 saturated carbocycles. The molecule has 3 heterocycles. The number of pyridine rings is 1. The molecule has 0 aliphatic carbocycles. The van der Waals surface area contributed by atoms with Gasteiger partial charge in [-0.1, -0.05) is 54.6 Å². The van der Waals surface area contributed by atoms with Gasteiger partial charge < -0.3 is 25.6 Å². The van der Waals surface area contributed by atoms with E-state index in [1.165, 1.54) is 29.0 Å². The zero-order valence-electron chi connectivity index (χ0n) is 26.4. The van der Waals surface area contributed by atoms with Crippen molar-refractivity contribution in [3.05, 3.63) is 108 Å². The summed E-state index contributed by atoms with van der Waals surface area (Å²) in [6.07, 6.45) is 1.83. The number of urea groups is 1. The molecule has 1 fully saturated rings. The van der Waals surface area contributed by atoms with Crippen LogP contribution in [0.1, 0.15) is 18.1 Å². The fraction of sp³-hybridized carbons (Fsp3) is 0.222. The number of amides is 3. The van der Waals surface area contributed by atoms with E-state index in [0.29, 0.717) is 18.0 Å². The lowest BCUT2D eigenvalue weighted by Crippen LogP contribution is -2.51. The Hall–Kier alpha value is -4.91. The fourth-order valence-electron chi connectivity index (χ4n) is 5.44. The maximum absolute atomic E-state index is 15.2. The van der Waals surface area contributed by atoms with Crippen molar-refractivity contribution < 1.29 is 18.7 Å². The van der Waals surface area contributed by atoms with Crippen LogP contribution in [0.15, 0.2) is 91.1 Å². The number of piperazine rings is 1. The van der Waals surface area contributed by atoms with Crippen LogP contribution in [0.25, 0.3) is 20.7 Å². The summed E-state index contributed by atoms with van der Waals surface area (Å²) >= 11 is 6.78. The average molecular weight is 683 g/mol. The Balaban J connectivity index is 1.06. The van der Waals surface area contributed by atoms with Gasteiger partial charge in [0.1, 0.15) is 5.75 Å². The first-order chi connectivity index (χ1) is 23.3. The second-order valence-corrected chi connectivity index (χ2v) is 12.8. The summed E-state index contributed by atoms with van der Waals surface area (Å²) < 4.78 is 22.0. The third kappa shape index (κ3) is 8.32. The van der Waals surface area contributed by atoms with Gasteiger partial charge >= 0.3 is 6.03 Å². The second-order valence-electron chi connectivity index (χ2n) is 11.3. The number of hydrogen-bond donors (Lipinski definition) is 3. The third-order valence-electron chi connectivity index (χ3n) is 7.88. The van der Waals surface area contributed by atoms with Gasteiger partial charge in [0.2, 0.25) is 5.91 Å². The lowest BCUT2D eigenvalue weighted by molar-refractivity contribution is -0.119. The Kier molecular flexibility index (Phi) is 10.5. The molecule has 5 aromatic rings. The number of hydrogen-bond acceptors (Lipinski definition) is 7. The number of benzene rings is 3. The van der Waals surface area contributed by atoms with Gasteiger partial charge in [-0.25, -0.2) is 9.18 Å².